The van der Waals surface area contributed by atoms with Crippen LogP contribution in [-0.2, 0) is 28.0 Å². The molecule has 0 spiro atoms. The summed E-state index contributed by atoms with van der Waals surface area (Å²) >= 11 is 0. The van der Waals surface area contributed by atoms with Crippen LogP contribution in [0, 0.1) is 5.92 Å². The lowest BCUT2D eigenvalue weighted by Gasteiger charge is -2.34. The maximum absolute atomic E-state index is 12.5. The lowest BCUT2D eigenvalue weighted by atomic mass is 9.98. The van der Waals surface area contributed by atoms with Gasteiger partial charge >= 0.3 is 0 Å². The van der Waals surface area contributed by atoms with Gasteiger partial charge in [-0.05, 0) is 25.7 Å². The van der Waals surface area contributed by atoms with Crippen molar-refractivity contribution < 1.29 is 13.2 Å². The van der Waals surface area contributed by atoms with E-state index in [4.69, 9.17) is 4.74 Å². The van der Waals surface area contributed by atoms with Crippen LogP contribution in [0.15, 0.2) is 6.20 Å². The molecule has 0 unspecified atom stereocenters. The van der Waals surface area contributed by atoms with Crippen LogP contribution < -0.4 is 0 Å². The Labute approximate surface area is 138 Å². The highest BCUT2D eigenvalue weighted by Gasteiger charge is 2.36. The van der Waals surface area contributed by atoms with Crippen LogP contribution in [0.2, 0.25) is 0 Å². The number of aryl methyl sites for hydroxylation is 1. The van der Waals surface area contributed by atoms with Crippen LogP contribution in [0.25, 0.3) is 0 Å². The zero-order valence-electron chi connectivity index (χ0n) is 14.1. The smallest absolute Gasteiger partial charge is 0.281 e. The van der Waals surface area contributed by atoms with Gasteiger partial charge in [-0.3, -0.25) is 4.68 Å². The largest absolute Gasteiger partial charge is 0.380 e. The van der Waals surface area contributed by atoms with E-state index in [1.165, 1.54) is 21.5 Å². The summed E-state index contributed by atoms with van der Waals surface area (Å²) in [6.45, 7) is 5.01. The van der Waals surface area contributed by atoms with Crippen molar-refractivity contribution in [1.29, 1.82) is 0 Å². The minimum absolute atomic E-state index is 0.0367. The monoisotopic (exact) mass is 342 g/mol. The van der Waals surface area contributed by atoms with Gasteiger partial charge in [-0.1, -0.05) is 0 Å². The SMILES string of the molecule is CCn1ncc2c1[C@@H](COCC1CC1)CN(S(=O)(=O)N(C)C)C2. The molecule has 2 heterocycles. The summed E-state index contributed by atoms with van der Waals surface area (Å²) in [5, 5.41) is 4.41. The molecule has 0 bridgehead atoms. The zero-order chi connectivity index (χ0) is 16.6. The average Bonchev–Trinajstić information content (AvgIpc) is 3.24. The third kappa shape index (κ3) is 3.45. The zero-order valence-corrected chi connectivity index (χ0v) is 14.9. The topological polar surface area (TPSA) is 67.7 Å². The van der Waals surface area contributed by atoms with Gasteiger partial charge in [0.2, 0.25) is 0 Å². The highest BCUT2D eigenvalue weighted by atomic mass is 32.2. The van der Waals surface area contributed by atoms with Crippen molar-refractivity contribution >= 4 is 10.2 Å². The molecule has 1 fully saturated rings. The molecule has 1 atom stereocenters. The van der Waals surface area contributed by atoms with E-state index in [9.17, 15) is 8.42 Å². The van der Waals surface area contributed by atoms with E-state index in [1.807, 2.05) is 4.68 Å². The van der Waals surface area contributed by atoms with Crippen molar-refractivity contribution in [2.24, 2.45) is 5.92 Å². The second-order valence-electron chi connectivity index (χ2n) is 6.63. The van der Waals surface area contributed by atoms with Gasteiger partial charge in [-0.2, -0.15) is 22.1 Å². The summed E-state index contributed by atoms with van der Waals surface area (Å²) in [5.74, 6) is 0.741. The lowest BCUT2D eigenvalue weighted by Crippen LogP contribution is -2.45. The molecule has 0 aromatic carbocycles. The summed E-state index contributed by atoms with van der Waals surface area (Å²) in [4.78, 5) is 0. The summed E-state index contributed by atoms with van der Waals surface area (Å²) in [6, 6.07) is 0. The number of fused-ring (bicyclic) bond motifs is 1. The number of hydrogen-bond donors (Lipinski definition) is 0. The third-order valence-corrected chi connectivity index (χ3v) is 6.43. The summed E-state index contributed by atoms with van der Waals surface area (Å²) in [5.41, 5.74) is 2.12. The van der Waals surface area contributed by atoms with Crippen LogP contribution >= 0.6 is 0 Å². The van der Waals surface area contributed by atoms with Gasteiger partial charge in [0, 0.05) is 57.5 Å². The molecule has 23 heavy (non-hydrogen) atoms. The molecule has 1 aliphatic heterocycles. The van der Waals surface area contributed by atoms with E-state index < -0.39 is 10.2 Å². The Morgan fingerprint density at radius 1 is 1.35 bits per heavy atom. The predicted molar refractivity (Wildman–Crippen MR) is 87.2 cm³/mol. The van der Waals surface area contributed by atoms with Crippen molar-refractivity contribution in [3.8, 4) is 0 Å². The van der Waals surface area contributed by atoms with Gasteiger partial charge in [0.1, 0.15) is 0 Å². The van der Waals surface area contributed by atoms with Gasteiger partial charge in [0.05, 0.1) is 12.8 Å². The molecule has 1 aromatic heterocycles. The fraction of sp³-hybridized carbons (Fsp3) is 0.800. The van der Waals surface area contributed by atoms with Crippen molar-refractivity contribution in [2.75, 3.05) is 33.9 Å². The molecular weight excluding hydrogens is 316 g/mol. The van der Waals surface area contributed by atoms with Crippen LogP contribution in [0.4, 0.5) is 0 Å². The molecule has 0 radical (unpaired) electrons. The molecule has 1 saturated carbocycles. The number of rotatable bonds is 7. The third-order valence-electron chi connectivity index (χ3n) is 4.57. The Morgan fingerprint density at radius 3 is 2.70 bits per heavy atom. The molecule has 7 nitrogen and oxygen atoms in total. The molecule has 130 valence electrons. The first-order chi connectivity index (χ1) is 10.9. The molecule has 0 saturated heterocycles. The van der Waals surface area contributed by atoms with Crippen LogP contribution in [0.1, 0.15) is 36.9 Å². The highest BCUT2D eigenvalue weighted by Crippen LogP contribution is 2.32. The number of hydrogen-bond acceptors (Lipinski definition) is 4. The summed E-state index contributed by atoms with van der Waals surface area (Å²) in [7, 11) is -0.291. The summed E-state index contributed by atoms with van der Waals surface area (Å²) in [6.07, 6.45) is 4.30. The van der Waals surface area contributed by atoms with E-state index in [-0.39, 0.29) is 5.92 Å². The maximum atomic E-state index is 12.5. The molecule has 8 heteroatoms. The van der Waals surface area contributed by atoms with Crippen LogP contribution in [0.3, 0.4) is 0 Å². The molecule has 3 rings (SSSR count). The first kappa shape index (κ1) is 16.9. The van der Waals surface area contributed by atoms with Gasteiger partial charge in [-0.15, -0.1) is 0 Å². The molecular formula is C15H26N4O3S. The Kier molecular flexibility index (Phi) is 4.78. The van der Waals surface area contributed by atoms with E-state index in [0.717, 1.165) is 24.4 Å². The second kappa shape index (κ2) is 6.51. The van der Waals surface area contributed by atoms with Crippen LogP contribution in [0.5, 0.6) is 0 Å². The standard InChI is InChI=1S/C15H26N4O3S/c1-4-19-15-13(7-16-19)8-18(23(20,21)17(2)3)9-14(15)11-22-10-12-5-6-12/h7,12,14H,4-6,8-11H2,1-3H3/t14-/m1/s1. The normalized spacial score (nSPS) is 22.5. The minimum Gasteiger partial charge on any atom is -0.380 e. The van der Waals surface area contributed by atoms with Gasteiger partial charge in [0.15, 0.2) is 0 Å². The fourth-order valence-electron chi connectivity index (χ4n) is 3.07. The van der Waals surface area contributed by atoms with Crippen molar-refractivity contribution in [3.63, 3.8) is 0 Å². The Hall–Kier alpha value is -0.960. The second-order valence-corrected chi connectivity index (χ2v) is 8.77. The van der Waals surface area contributed by atoms with E-state index >= 15 is 0 Å². The molecule has 0 N–H and O–H groups in total. The molecule has 1 aliphatic carbocycles. The number of aromatic nitrogens is 2. The molecule has 1 aromatic rings. The first-order valence-corrected chi connectivity index (χ1v) is 9.63. The van der Waals surface area contributed by atoms with Crippen molar-refractivity contribution in [2.45, 2.75) is 38.8 Å². The van der Waals surface area contributed by atoms with Gasteiger partial charge < -0.3 is 4.74 Å². The van der Waals surface area contributed by atoms with Gasteiger partial charge in [0.25, 0.3) is 10.2 Å². The van der Waals surface area contributed by atoms with E-state index in [1.54, 1.807) is 20.3 Å². The molecule has 2 aliphatic rings. The minimum atomic E-state index is -3.43. The summed E-state index contributed by atoms with van der Waals surface area (Å²) < 4.78 is 35.6. The highest BCUT2D eigenvalue weighted by molar-refractivity contribution is 7.86. The Morgan fingerprint density at radius 2 is 2.09 bits per heavy atom. The molecule has 0 amide bonds. The maximum Gasteiger partial charge on any atom is 0.281 e. The van der Waals surface area contributed by atoms with Crippen molar-refractivity contribution in [3.05, 3.63) is 17.5 Å². The first-order valence-electron chi connectivity index (χ1n) is 8.23. The van der Waals surface area contributed by atoms with E-state index in [0.29, 0.717) is 25.6 Å². The van der Waals surface area contributed by atoms with Crippen LogP contribution in [-0.4, -0.2) is 60.7 Å². The Bertz CT molecular complexity index is 652. The van der Waals surface area contributed by atoms with Gasteiger partial charge in [-0.25, -0.2) is 0 Å². The predicted octanol–water partition coefficient (Wildman–Crippen LogP) is 1.04. The fourth-order valence-corrected chi connectivity index (χ4v) is 4.20. The average molecular weight is 342 g/mol. The quantitative estimate of drug-likeness (QED) is 0.742. The van der Waals surface area contributed by atoms with Crippen molar-refractivity contribution in [1.82, 2.24) is 18.4 Å². The number of nitrogens with zero attached hydrogens (tertiary/aromatic N) is 4. The van der Waals surface area contributed by atoms with E-state index in [2.05, 4.69) is 12.0 Å². The number of ether oxygens (including phenoxy) is 1. The lowest BCUT2D eigenvalue weighted by molar-refractivity contribution is 0.0990. The Balaban J connectivity index is 1.81.